The number of rotatable bonds is 2. The maximum Gasteiger partial charge on any atom is 0.265 e. The fourth-order valence-corrected chi connectivity index (χ4v) is 4.06. The molecule has 0 aliphatic carbocycles. The number of halogens is 1. The normalized spacial score (nSPS) is 21.6. The number of anilines is 1. The molecule has 3 rings (SSSR count). The van der Waals surface area contributed by atoms with Crippen LogP contribution in [0.15, 0.2) is 18.2 Å². The lowest BCUT2D eigenvalue weighted by Crippen LogP contribution is -2.52. The molecule has 23 heavy (non-hydrogen) atoms. The zero-order chi connectivity index (χ0) is 16.6. The van der Waals surface area contributed by atoms with Gasteiger partial charge in [0.05, 0.1) is 18.5 Å². The number of carbonyl (C=O) groups is 1. The Kier molecular flexibility index (Phi) is 4.42. The van der Waals surface area contributed by atoms with E-state index in [1.165, 1.54) is 4.31 Å². The molecule has 6 nitrogen and oxygen atoms in total. The van der Waals surface area contributed by atoms with Crippen LogP contribution in [0.3, 0.4) is 0 Å². The van der Waals surface area contributed by atoms with Crippen molar-refractivity contribution in [3.8, 4) is 5.75 Å². The first-order valence-electron chi connectivity index (χ1n) is 7.59. The molecule has 0 saturated carbocycles. The molecule has 2 heterocycles. The Labute approximate surface area is 141 Å². The predicted octanol–water partition coefficient (Wildman–Crippen LogP) is 1.88. The summed E-state index contributed by atoms with van der Waals surface area (Å²) in [6, 6.07) is 4.76. The number of hydrogen-bond acceptors (Lipinski definition) is 4. The number of fused-ring (bicyclic) bond motifs is 1. The van der Waals surface area contributed by atoms with Crippen molar-refractivity contribution in [3.63, 3.8) is 0 Å². The van der Waals surface area contributed by atoms with Crippen LogP contribution in [0.25, 0.3) is 0 Å². The molecule has 0 bridgehead atoms. The summed E-state index contributed by atoms with van der Waals surface area (Å²) < 4.78 is 31.2. The van der Waals surface area contributed by atoms with E-state index in [2.05, 4.69) is 0 Å². The Morgan fingerprint density at radius 1 is 1.26 bits per heavy atom. The average molecular weight is 359 g/mol. The number of ether oxygens (including phenoxy) is 1. The molecule has 2 aliphatic rings. The van der Waals surface area contributed by atoms with Crippen LogP contribution in [0.2, 0.25) is 5.02 Å². The third-order valence-electron chi connectivity index (χ3n) is 4.13. The lowest BCUT2D eigenvalue weighted by molar-refractivity contribution is -0.139. The zero-order valence-corrected chi connectivity index (χ0v) is 14.4. The molecule has 1 aromatic rings. The van der Waals surface area contributed by atoms with Crippen molar-refractivity contribution in [2.75, 3.05) is 30.2 Å². The van der Waals surface area contributed by atoms with Gasteiger partial charge in [-0.3, -0.25) is 9.10 Å². The van der Waals surface area contributed by atoms with E-state index in [0.717, 1.165) is 25.5 Å². The monoisotopic (exact) mass is 358 g/mol. The third-order valence-corrected chi connectivity index (χ3v) is 5.52. The van der Waals surface area contributed by atoms with E-state index in [1.54, 1.807) is 23.1 Å². The van der Waals surface area contributed by atoms with Crippen molar-refractivity contribution >= 4 is 33.2 Å². The SMILES string of the molecule is CS(=O)(=O)N1C[C@H](C(=O)N2CCCCC2)Oc2ccc(Cl)cc21. The lowest BCUT2D eigenvalue weighted by atomic mass is 10.1. The minimum Gasteiger partial charge on any atom is -0.476 e. The number of hydrogen-bond donors (Lipinski definition) is 0. The van der Waals surface area contributed by atoms with Gasteiger partial charge in [0.25, 0.3) is 5.91 Å². The molecule has 126 valence electrons. The number of carbonyl (C=O) groups excluding carboxylic acids is 1. The molecule has 1 amide bonds. The second kappa shape index (κ2) is 6.20. The fourth-order valence-electron chi connectivity index (χ4n) is 2.99. The number of likely N-dealkylation sites (tertiary alicyclic amines) is 1. The quantitative estimate of drug-likeness (QED) is 0.809. The third kappa shape index (κ3) is 3.40. The van der Waals surface area contributed by atoms with Crippen molar-refractivity contribution in [2.24, 2.45) is 0 Å². The highest BCUT2D eigenvalue weighted by Gasteiger charge is 2.37. The Hall–Kier alpha value is -1.47. The van der Waals surface area contributed by atoms with Crippen LogP contribution >= 0.6 is 11.6 Å². The number of benzene rings is 1. The van der Waals surface area contributed by atoms with Gasteiger partial charge >= 0.3 is 0 Å². The first-order valence-corrected chi connectivity index (χ1v) is 9.81. The summed E-state index contributed by atoms with van der Waals surface area (Å²) >= 11 is 5.96. The van der Waals surface area contributed by atoms with Crippen LogP contribution in [0.5, 0.6) is 5.75 Å². The van der Waals surface area contributed by atoms with Crippen molar-refractivity contribution in [2.45, 2.75) is 25.4 Å². The van der Waals surface area contributed by atoms with E-state index < -0.39 is 16.1 Å². The molecule has 0 N–H and O–H groups in total. The van der Waals surface area contributed by atoms with Crippen LogP contribution < -0.4 is 9.04 Å². The summed E-state index contributed by atoms with van der Waals surface area (Å²) in [5, 5.41) is 0.418. The molecule has 1 atom stereocenters. The average Bonchev–Trinajstić information content (AvgIpc) is 2.53. The Morgan fingerprint density at radius 2 is 1.96 bits per heavy atom. The van der Waals surface area contributed by atoms with Crippen molar-refractivity contribution < 1.29 is 17.9 Å². The van der Waals surface area contributed by atoms with E-state index in [4.69, 9.17) is 16.3 Å². The highest BCUT2D eigenvalue weighted by molar-refractivity contribution is 7.92. The molecule has 8 heteroatoms. The van der Waals surface area contributed by atoms with Gasteiger partial charge in [0.15, 0.2) is 6.10 Å². The van der Waals surface area contributed by atoms with E-state index in [-0.39, 0.29) is 12.5 Å². The zero-order valence-electron chi connectivity index (χ0n) is 12.9. The van der Waals surface area contributed by atoms with Gasteiger partial charge in [0.1, 0.15) is 5.75 Å². The lowest BCUT2D eigenvalue weighted by Gasteiger charge is -2.37. The number of piperidine rings is 1. The van der Waals surface area contributed by atoms with Gasteiger partial charge in [-0.25, -0.2) is 8.42 Å². The summed E-state index contributed by atoms with van der Waals surface area (Å²) in [6.45, 7) is 1.37. The highest BCUT2D eigenvalue weighted by Crippen LogP contribution is 2.37. The van der Waals surface area contributed by atoms with Gasteiger partial charge in [-0.2, -0.15) is 0 Å². The van der Waals surface area contributed by atoms with Gasteiger partial charge in [-0.1, -0.05) is 11.6 Å². The molecule has 0 spiro atoms. The molecular formula is C15H19ClN2O4S. The van der Waals surface area contributed by atoms with Crippen molar-refractivity contribution in [1.82, 2.24) is 4.90 Å². The molecule has 2 aliphatic heterocycles. The van der Waals surface area contributed by atoms with E-state index in [1.807, 2.05) is 0 Å². The Balaban J connectivity index is 1.91. The molecule has 1 aromatic carbocycles. The molecule has 1 saturated heterocycles. The number of amides is 1. The van der Waals surface area contributed by atoms with E-state index in [0.29, 0.717) is 29.5 Å². The maximum absolute atomic E-state index is 12.7. The number of sulfonamides is 1. The fraction of sp³-hybridized carbons (Fsp3) is 0.533. The van der Waals surface area contributed by atoms with Gasteiger partial charge in [0.2, 0.25) is 10.0 Å². The molecule has 0 radical (unpaired) electrons. The predicted molar refractivity (Wildman–Crippen MR) is 88.5 cm³/mol. The highest BCUT2D eigenvalue weighted by atomic mass is 35.5. The summed E-state index contributed by atoms with van der Waals surface area (Å²) in [5.74, 6) is 0.209. The molecule has 0 aromatic heterocycles. The second-order valence-corrected chi connectivity index (χ2v) is 8.24. The topological polar surface area (TPSA) is 66.9 Å². The van der Waals surface area contributed by atoms with E-state index in [9.17, 15) is 13.2 Å². The van der Waals surface area contributed by atoms with Crippen molar-refractivity contribution in [1.29, 1.82) is 0 Å². The van der Waals surface area contributed by atoms with Crippen molar-refractivity contribution in [3.05, 3.63) is 23.2 Å². The summed E-state index contributed by atoms with van der Waals surface area (Å²) in [5.41, 5.74) is 0.377. The molecular weight excluding hydrogens is 340 g/mol. The Morgan fingerprint density at radius 3 is 2.61 bits per heavy atom. The van der Waals surface area contributed by atoms with Crippen LogP contribution in [-0.4, -0.2) is 51.2 Å². The van der Waals surface area contributed by atoms with Crippen LogP contribution in [0, 0.1) is 0 Å². The van der Waals surface area contributed by atoms with Crippen LogP contribution in [0.1, 0.15) is 19.3 Å². The largest absolute Gasteiger partial charge is 0.476 e. The molecule has 0 unspecified atom stereocenters. The summed E-state index contributed by atoms with van der Waals surface area (Å²) in [4.78, 5) is 14.4. The summed E-state index contributed by atoms with van der Waals surface area (Å²) in [6.07, 6.45) is 3.36. The second-order valence-electron chi connectivity index (χ2n) is 5.90. The first-order chi connectivity index (χ1) is 10.9. The maximum atomic E-state index is 12.7. The Bertz CT molecular complexity index is 716. The smallest absolute Gasteiger partial charge is 0.265 e. The van der Waals surface area contributed by atoms with Gasteiger partial charge in [-0.15, -0.1) is 0 Å². The van der Waals surface area contributed by atoms with Gasteiger partial charge in [-0.05, 0) is 37.5 Å². The van der Waals surface area contributed by atoms with E-state index >= 15 is 0 Å². The van der Waals surface area contributed by atoms with Gasteiger partial charge < -0.3 is 9.64 Å². The minimum absolute atomic E-state index is 0.0263. The number of nitrogens with zero attached hydrogens (tertiary/aromatic N) is 2. The first kappa shape index (κ1) is 16.4. The summed E-state index contributed by atoms with van der Waals surface area (Å²) in [7, 11) is -3.53. The van der Waals surface area contributed by atoms with Crippen LogP contribution in [-0.2, 0) is 14.8 Å². The molecule has 1 fully saturated rings. The minimum atomic E-state index is -3.53. The standard InChI is InChI=1S/C15H19ClN2O4S/c1-23(20,21)18-10-14(15(19)17-7-3-2-4-8-17)22-13-6-5-11(16)9-12(13)18/h5-6,9,14H,2-4,7-8,10H2,1H3/t14-/m1/s1. The van der Waals surface area contributed by atoms with Gasteiger partial charge in [0, 0.05) is 18.1 Å². The van der Waals surface area contributed by atoms with Crippen LogP contribution in [0.4, 0.5) is 5.69 Å².